The summed E-state index contributed by atoms with van der Waals surface area (Å²) in [5, 5.41) is 21.3. The summed E-state index contributed by atoms with van der Waals surface area (Å²) in [5.74, 6) is 0.596. The van der Waals surface area contributed by atoms with Crippen LogP contribution in [-0.4, -0.2) is 38.4 Å². The maximum Gasteiger partial charge on any atom is 0.271 e. The minimum Gasteiger partial charge on any atom is -0.507 e. The third kappa shape index (κ3) is 6.86. The third-order valence-electron chi connectivity index (χ3n) is 7.56. The standard InChI is InChI=1S/C18H18N4S.C17H13N3O2/c1-12-6-2-3-7-13(12)10-21-22-17-16-14-8-4-5-9-15(14)23-18(16)20-11-19-17;21-16-6-5-12-3-1-2-4-14(12)15(16)11-19-20-17(22)13-7-9-18-10-8-13/h2-3,6-7,10-11H,4-5,8-9H2,1H3,(H,19,20,22);1-11,21H,(H,20,22)/b21-10+;19-11+. The van der Waals surface area contributed by atoms with Gasteiger partial charge in [0, 0.05) is 28.4 Å². The van der Waals surface area contributed by atoms with Crippen molar-refractivity contribution in [2.75, 3.05) is 5.43 Å². The Morgan fingerprint density at radius 3 is 2.58 bits per heavy atom. The second-order valence-corrected chi connectivity index (χ2v) is 11.6. The van der Waals surface area contributed by atoms with Crippen LogP contribution in [-0.2, 0) is 12.8 Å². The van der Waals surface area contributed by atoms with Gasteiger partial charge >= 0.3 is 0 Å². The van der Waals surface area contributed by atoms with E-state index >= 15 is 0 Å². The van der Waals surface area contributed by atoms with Crippen molar-refractivity contribution in [1.29, 1.82) is 0 Å². The number of phenolic OH excluding ortho intramolecular Hbond substituents is 1. The number of aryl methyl sites for hydroxylation is 3. The quantitative estimate of drug-likeness (QED) is 0.137. The Kier molecular flexibility index (Phi) is 9.12. The lowest BCUT2D eigenvalue weighted by atomic mass is 9.97. The molecule has 45 heavy (non-hydrogen) atoms. The van der Waals surface area contributed by atoms with Crippen LogP contribution in [0.4, 0.5) is 5.82 Å². The van der Waals surface area contributed by atoms with Gasteiger partial charge in [-0.25, -0.2) is 15.4 Å². The summed E-state index contributed by atoms with van der Waals surface area (Å²) in [6.07, 6.45) is 12.8. The zero-order valence-corrected chi connectivity index (χ0v) is 25.5. The monoisotopic (exact) mass is 613 g/mol. The molecule has 3 aromatic carbocycles. The fourth-order valence-electron chi connectivity index (χ4n) is 5.21. The van der Waals surface area contributed by atoms with Crippen LogP contribution in [0.1, 0.15) is 50.3 Å². The zero-order chi connectivity index (χ0) is 31.0. The molecule has 0 spiro atoms. The number of carbonyl (C=O) groups is 1. The highest BCUT2D eigenvalue weighted by molar-refractivity contribution is 7.19. The van der Waals surface area contributed by atoms with Gasteiger partial charge in [-0.1, -0.05) is 54.6 Å². The highest BCUT2D eigenvalue weighted by atomic mass is 32.1. The number of aromatic hydroxyl groups is 1. The number of amides is 1. The number of pyridine rings is 1. The Labute approximate surface area is 264 Å². The van der Waals surface area contributed by atoms with Gasteiger partial charge in [-0.3, -0.25) is 15.2 Å². The number of hydrazone groups is 2. The van der Waals surface area contributed by atoms with Gasteiger partial charge in [0.2, 0.25) is 0 Å². The van der Waals surface area contributed by atoms with Crippen LogP contribution in [0.25, 0.3) is 21.0 Å². The van der Waals surface area contributed by atoms with E-state index < -0.39 is 0 Å². The van der Waals surface area contributed by atoms with E-state index in [0.29, 0.717) is 11.1 Å². The first-order valence-electron chi connectivity index (χ1n) is 14.6. The molecule has 0 saturated carbocycles. The van der Waals surface area contributed by atoms with Crippen molar-refractivity contribution in [2.45, 2.75) is 32.6 Å². The van der Waals surface area contributed by atoms with Crippen molar-refractivity contribution in [3.8, 4) is 5.75 Å². The van der Waals surface area contributed by atoms with Crippen molar-refractivity contribution >= 4 is 56.5 Å². The average Bonchev–Trinajstić information content (AvgIpc) is 3.47. The molecule has 9 nitrogen and oxygen atoms in total. The van der Waals surface area contributed by atoms with E-state index in [0.717, 1.165) is 38.8 Å². The summed E-state index contributed by atoms with van der Waals surface area (Å²) in [5.41, 5.74) is 10.3. The number of phenols is 1. The number of benzene rings is 3. The molecule has 3 heterocycles. The molecular formula is C35H31N7O2S. The number of hydrogen-bond donors (Lipinski definition) is 3. The topological polar surface area (TPSA) is 125 Å². The molecule has 0 atom stereocenters. The van der Waals surface area contributed by atoms with E-state index in [9.17, 15) is 9.90 Å². The third-order valence-corrected chi connectivity index (χ3v) is 8.76. The maximum atomic E-state index is 11.9. The van der Waals surface area contributed by atoms with Crippen molar-refractivity contribution < 1.29 is 9.90 Å². The lowest BCUT2D eigenvalue weighted by Crippen LogP contribution is -2.17. The van der Waals surface area contributed by atoms with Gasteiger partial charge in [0.05, 0.1) is 17.8 Å². The Hall–Kier alpha value is -5.48. The lowest BCUT2D eigenvalue weighted by Gasteiger charge is -2.11. The molecule has 224 valence electrons. The van der Waals surface area contributed by atoms with E-state index in [1.807, 2.05) is 48.7 Å². The largest absolute Gasteiger partial charge is 0.507 e. The molecular weight excluding hydrogens is 582 g/mol. The van der Waals surface area contributed by atoms with Crippen LogP contribution in [0.2, 0.25) is 0 Å². The van der Waals surface area contributed by atoms with E-state index in [2.05, 4.69) is 55.1 Å². The predicted octanol–water partition coefficient (Wildman–Crippen LogP) is 7.03. The molecule has 0 bridgehead atoms. The molecule has 0 fully saturated rings. The summed E-state index contributed by atoms with van der Waals surface area (Å²) in [6.45, 7) is 2.08. The fraction of sp³-hybridized carbons (Fsp3) is 0.143. The first-order valence-corrected chi connectivity index (χ1v) is 15.4. The van der Waals surface area contributed by atoms with Crippen molar-refractivity contribution in [2.24, 2.45) is 10.2 Å². The molecule has 7 rings (SSSR count). The zero-order valence-electron chi connectivity index (χ0n) is 24.6. The molecule has 1 amide bonds. The molecule has 0 saturated heterocycles. The fourth-order valence-corrected chi connectivity index (χ4v) is 6.44. The Morgan fingerprint density at radius 2 is 1.71 bits per heavy atom. The first kappa shape index (κ1) is 29.6. The minimum absolute atomic E-state index is 0.112. The Morgan fingerprint density at radius 1 is 0.911 bits per heavy atom. The van der Waals surface area contributed by atoms with Crippen LogP contribution >= 0.6 is 11.3 Å². The molecule has 1 aliphatic rings. The van der Waals surface area contributed by atoms with E-state index in [1.165, 1.54) is 53.9 Å². The highest BCUT2D eigenvalue weighted by Gasteiger charge is 2.19. The van der Waals surface area contributed by atoms with Crippen LogP contribution in [0.5, 0.6) is 5.75 Å². The molecule has 0 radical (unpaired) electrons. The summed E-state index contributed by atoms with van der Waals surface area (Å²) >= 11 is 1.80. The number of nitrogens with zero attached hydrogens (tertiary/aromatic N) is 5. The van der Waals surface area contributed by atoms with Crippen LogP contribution in [0.3, 0.4) is 0 Å². The normalized spacial score (nSPS) is 12.6. The number of nitrogens with one attached hydrogen (secondary N) is 2. The van der Waals surface area contributed by atoms with Gasteiger partial charge < -0.3 is 5.11 Å². The highest BCUT2D eigenvalue weighted by Crippen LogP contribution is 2.38. The summed E-state index contributed by atoms with van der Waals surface area (Å²) in [4.78, 5) is 27.1. The number of rotatable bonds is 6. The van der Waals surface area contributed by atoms with Gasteiger partial charge in [-0.2, -0.15) is 10.2 Å². The van der Waals surface area contributed by atoms with Crippen molar-refractivity contribution in [3.63, 3.8) is 0 Å². The number of carbonyl (C=O) groups excluding carboxylic acids is 1. The number of aromatic nitrogens is 3. The van der Waals surface area contributed by atoms with Gasteiger partial charge in [0.1, 0.15) is 16.9 Å². The Bertz CT molecular complexity index is 2020. The van der Waals surface area contributed by atoms with E-state index in [-0.39, 0.29) is 11.7 Å². The van der Waals surface area contributed by atoms with Crippen molar-refractivity contribution in [1.82, 2.24) is 20.4 Å². The molecule has 6 aromatic rings. The Balaban J connectivity index is 0.000000159. The number of hydrogen-bond acceptors (Lipinski definition) is 9. The molecule has 3 aromatic heterocycles. The summed E-state index contributed by atoms with van der Waals surface area (Å²) < 4.78 is 0. The SMILES string of the molecule is Cc1ccccc1/C=N/Nc1ncnc2sc3c(c12)CCCC3.O=C(N/N=C/c1c(O)ccc2ccccc12)c1ccncc1. The number of thiophene rings is 1. The second-order valence-electron chi connectivity index (χ2n) is 10.5. The van der Waals surface area contributed by atoms with E-state index in [4.69, 9.17) is 0 Å². The van der Waals surface area contributed by atoms with Gasteiger partial charge in [0.15, 0.2) is 5.82 Å². The minimum atomic E-state index is -0.335. The van der Waals surface area contributed by atoms with Gasteiger partial charge in [0.25, 0.3) is 5.91 Å². The van der Waals surface area contributed by atoms with E-state index in [1.54, 1.807) is 35.9 Å². The van der Waals surface area contributed by atoms with Crippen LogP contribution in [0.15, 0.2) is 102 Å². The molecule has 3 N–H and O–H groups in total. The van der Waals surface area contributed by atoms with Gasteiger partial charge in [-0.05, 0) is 78.3 Å². The van der Waals surface area contributed by atoms with Gasteiger partial charge in [-0.15, -0.1) is 11.3 Å². The maximum absolute atomic E-state index is 11.9. The molecule has 10 heteroatoms. The molecule has 0 aliphatic heterocycles. The van der Waals surface area contributed by atoms with Crippen LogP contribution < -0.4 is 10.9 Å². The van der Waals surface area contributed by atoms with Crippen molar-refractivity contribution in [3.05, 3.63) is 124 Å². The predicted molar refractivity (Wildman–Crippen MR) is 181 cm³/mol. The summed E-state index contributed by atoms with van der Waals surface area (Å²) in [6, 6.07) is 22.5. The number of anilines is 1. The van der Waals surface area contributed by atoms with Crippen LogP contribution in [0, 0.1) is 6.92 Å². The number of fused-ring (bicyclic) bond motifs is 4. The molecule has 1 aliphatic carbocycles. The smallest absolute Gasteiger partial charge is 0.271 e. The second kappa shape index (κ2) is 13.9. The summed E-state index contributed by atoms with van der Waals surface area (Å²) in [7, 11) is 0. The first-order chi connectivity index (χ1) is 22.1. The molecule has 0 unspecified atom stereocenters. The average molecular weight is 614 g/mol. The lowest BCUT2D eigenvalue weighted by molar-refractivity contribution is 0.0955.